The molecule has 14 rings (SSSR count). The van der Waals surface area contributed by atoms with Crippen LogP contribution in [0.3, 0.4) is 0 Å². The zero-order chi connectivity index (χ0) is 85.5. The van der Waals surface area contributed by atoms with Gasteiger partial charge in [0.1, 0.15) is 47.2 Å². The number of alkyl halides is 7. The molecule has 10 aromatic heterocycles. The van der Waals surface area contributed by atoms with Crippen molar-refractivity contribution in [2.45, 2.75) is 122 Å². The minimum atomic E-state index is -4.70. The van der Waals surface area contributed by atoms with E-state index in [1.54, 1.807) is 84.9 Å². The van der Waals surface area contributed by atoms with E-state index in [4.69, 9.17) is 53.8 Å². The Labute approximate surface area is 689 Å². The number of aliphatic hydroxyl groups is 3. The molecular formula is C81H90Cl3F7N20O7. The molecule has 0 saturated heterocycles. The molecule has 11 heterocycles. The van der Waals surface area contributed by atoms with Crippen LogP contribution in [0.15, 0.2) is 110 Å². The average molecular weight is 1700 g/mol. The molecule has 0 saturated carbocycles. The maximum absolute atomic E-state index is 13.6. The van der Waals surface area contributed by atoms with Crippen molar-refractivity contribution in [3.63, 3.8) is 0 Å². The second-order valence-corrected chi connectivity index (χ2v) is 30.3. The second-order valence-electron chi connectivity index (χ2n) is 29.2. The van der Waals surface area contributed by atoms with Crippen molar-refractivity contribution >= 4 is 67.5 Å². The highest BCUT2D eigenvalue weighted by Crippen LogP contribution is 2.46. The number of fused-ring (bicyclic) bond motifs is 4. The Kier molecular flexibility index (Phi) is 25.5. The first-order valence-electron chi connectivity index (χ1n) is 37.3. The fourth-order valence-electron chi connectivity index (χ4n) is 14.3. The Hall–Kier alpha value is -10.3. The fraction of sp³-hybridized carbons (Fsp3) is 0.395. The third-order valence-corrected chi connectivity index (χ3v) is 22.4. The number of halogens is 10. The quantitative estimate of drug-likeness (QED) is 0.0249. The Morgan fingerprint density at radius 3 is 1.31 bits per heavy atom. The van der Waals surface area contributed by atoms with Crippen molar-refractivity contribution in [3.8, 4) is 17.6 Å². The summed E-state index contributed by atoms with van der Waals surface area (Å²) < 4.78 is 126. The van der Waals surface area contributed by atoms with Crippen molar-refractivity contribution in [3.05, 3.63) is 233 Å². The number of methoxy groups -OCH3 is 3. The molecule has 1 aliphatic rings. The zero-order valence-corrected chi connectivity index (χ0v) is 69.7. The molecule has 27 nitrogen and oxygen atoms in total. The van der Waals surface area contributed by atoms with Crippen LogP contribution >= 0.6 is 34.8 Å². The largest absolute Gasteiger partial charge is 0.481 e. The molecule has 0 amide bonds. The fourth-order valence-corrected chi connectivity index (χ4v) is 15.2. The molecule has 13 aromatic rings. The molecule has 1 unspecified atom stereocenters. The molecule has 0 fully saturated rings. The molecule has 0 spiro atoms. The van der Waals surface area contributed by atoms with Crippen LogP contribution < -0.4 is 24.8 Å². The molecule has 0 radical (unpaired) electrons. The maximum Gasteiger partial charge on any atom is 0.433 e. The molecule has 626 valence electrons. The van der Waals surface area contributed by atoms with Gasteiger partial charge in [0.25, 0.3) is 5.92 Å². The van der Waals surface area contributed by atoms with Gasteiger partial charge in [-0.1, -0.05) is 53.0 Å². The molecule has 1 aliphatic heterocycles. The summed E-state index contributed by atoms with van der Waals surface area (Å²) >= 11 is 20.8. The molecule has 3 aromatic carbocycles. The number of aromatic nitrogens is 17. The Balaban J connectivity index is 0.000000163. The van der Waals surface area contributed by atoms with Crippen LogP contribution in [-0.2, 0) is 95.7 Å². The summed E-state index contributed by atoms with van der Waals surface area (Å²) in [6.45, 7) is 13.7. The van der Waals surface area contributed by atoms with E-state index in [1.165, 1.54) is 39.9 Å². The van der Waals surface area contributed by atoms with Crippen molar-refractivity contribution in [2.24, 2.45) is 35.2 Å². The van der Waals surface area contributed by atoms with Gasteiger partial charge in [0.05, 0.1) is 138 Å². The summed E-state index contributed by atoms with van der Waals surface area (Å²) in [4.78, 5) is 45.7. The molecule has 37 heteroatoms. The lowest BCUT2D eigenvalue weighted by molar-refractivity contribution is -0.141. The van der Waals surface area contributed by atoms with Crippen LogP contribution in [0.2, 0.25) is 15.1 Å². The van der Waals surface area contributed by atoms with Crippen molar-refractivity contribution < 1.29 is 65.0 Å². The lowest BCUT2D eigenvalue weighted by Crippen LogP contribution is -2.34. The minimum Gasteiger partial charge on any atom is -0.481 e. The molecule has 118 heavy (non-hydrogen) atoms. The van der Waals surface area contributed by atoms with E-state index in [2.05, 4.69) is 70.5 Å². The van der Waals surface area contributed by atoms with Gasteiger partial charge in [-0.15, -0.1) is 0 Å². The minimum absolute atomic E-state index is 0.0293. The predicted octanol–water partition coefficient (Wildman–Crippen LogP) is 12.7. The number of rotatable bonds is 26. The number of aryl methyl sites for hydroxylation is 6. The van der Waals surface area contributed by atoms with E-state index in [9.17, 15) is 46.1 Å². The second kappa shape index (κ2) is 34.6. The number of ether oxygens (including phenoxy) is 4. The van der Waals surface area contributed by atoms with Gasteiger partial charge in [-0.3, -0.25) is 9.88 Å². The lowest BCUT2D eigenvalue weighted by Gasteiger charge is -2.30. The van der Waals surface area contributed by atoms with E-state index in [-0.39, 0.29) is 49.5 Å². The summed E-state index contributed by atoms with van der Waals surface area (Å²) in [5.74, 6) is -0.121. The van der Waals surface area contributed by atoms with E-state index in [0.29, 0.717) is 155 Å². The van der Waals surface area contributed by atoms with Crippen molar-refractivity contribution in [1.29, 1.82) is 0 Å². The standard InChI is InChI=1S/C28H26ClF3N8O2.C27H33ClF2N6O3.C26H31ClF2N6O2/c1-16-35-24-14-39(8-9-40(24)37-16)13-20-25(29)19-10-17(4-5-21(19)36-26(20)42-3)27(41,23-12-33-15-38(23)2)18-6-7-34-22(11-18)28(30,31)32;1-16-32-13-22(35(16)4)27(37,23-14-33-17(2)36(23)5)18-7-8-21-19(11-18)24(28)20(25(34-21)38-6)12-31-9-10-39-15-26(3,29)30;1-15-31-13-21(34(15)4)26(36,22-14-32-16(2)35(22)5)17-7-8-20-18(11-17)23(27)19(24(33-20)37-6)12-30-10-9-25(3,28)29/h4-7,10-12,15,41H,8-9,13-14H2,1-3H3;7-8,11,13-14,31,37H,9-10,12,15H2,1-6H3;7-8,11,13-14,30,36H,9-10,12H2,1-6H3. The van der Waals surface area contributed by atoms with E-state index >= 15 is 0 Å². The smallest absolute Gasteiger partial charge is 0.433 e. The Morgan fingerprint density at radius 1 is 0.492 bits per heavy atom. The van der Waals surface area contributed by atoms with Crippen LogP contribution in [-0.4, -0.2) is 169 Å². The average Bonchev–Trinajstić information content (AvgIpc) is 1.43. The molecule has 1 atom stereocenters. The lowest BCUT2D eigenvalue weighted by atomic mass is 9.83. The van der Waals surface area contributed by atoms with Gasteiger partial charge in [0.15, 0.2) is 16.8 Å². The molecule has 0 bridgehead atoms. The highest BCUT2D eigenvalue weighted by Gasteiger charge is 2.44. The van der Waals surface area contributed by atoms with Crippen LogP contribution in [0, 0.1) is 34.6 Å². The predicted molar refractivity (Wildman–Crippen MR) is 429 cm³/mol. The summed E-state index contributed by atoms with van der Waals surface area (Å²) in [5, 5.41) is 50.5. The summed E-state index contributed by atoms with van der Waals surface area (Å²) in [6.07, 6.45) is 5.50. The third kappa shape index (κ3) is 17.5. The summed E-state index contributed by atoms with van der Waals surface area (Å²) in [7, 11) is 13.5. The molecular weight excluding hydrogens is 1600 g/mol. The third-order valence-electron chi connectivity index (χ3n) is 21.1. The Bertz CT molecular complexity index is 5740. The van der Waals surface area contributed by atoms with Gasteiger partial charge >= 0.3 is 6.18 Å². The van der Waals surface area contributed by atoms with E-state index in [0.717, 1.165) is 55.2 Å². The monoisotopic (exact) mass is 1690 g/mol. The van der Waals surface area contributed by atoms with Gasteiger partial charge < -0.3 is 67.7 Å². The van der Waals surface area contributed by atoms with Crippen molar-refractivity contribution in [1.82, 2.24) is 98.0 Å². The van der Waals surface area contributed by atoms with Gasteiger partial charge in [-0.25, -0.2) is 67.1 Å². The number of nitrogens with zero attached hydrogens (tertiary/aromatic N) is 18. The number of pyridine rings is 4. The number of imidazole rings is 5. The number of hydrogen-bond acceptors (Lipinski definition) is 21. The van der Waals surface area contributed by atoms with Gasteiger partial charge in [0.2, 0.25) is 23.6 Å². The molecule has 5 N–H and O–H groups in total. The van der Waals surface area contributed by atoms with Crippen molar-refractivity contribution in [2.75, 3.05) is 54.2 Å². The van der Waals surface area contributed by atoms with Gasteiger partial charge in [0, 0.05) is 127 Å². The summed E-state index contributed by atoms with van der Waals surface area (Å²) in [6, 6.07) is 17.8. The van der Waals surface area contributed by atoms with Crippen LogP contribution in [0.25, 0.3) is 32.7 Å². The topological polar surface area (TPSA) is 296 Å². The highest BCUT2D eigenvalue weighted by molar-refractivity contribution is 6.37. The summed E-state index contributed by atoms with van der Waals surface area (Å²) in [5.41, 5.74) is 0.954. The van der Waals surface area contributed by atoms with Crippen LogP contribution in [0.4, 0.5) is 30.7 Å². The SMILES string of the molecule is COc1nc2ccc(C(O)(c3ccnc(C(F)(F)F)c3)c3cncn3C)cc2c(Cl)c1CN1CCn2nc(C)nc2C1.COc1nc2ccc(C(O)(c3cnc(C)n3C)c3cnc(C)n3C)cc2c(Cl)c1CNCCC(C)(F)F.COc1nc2ccc(C(O)(c3cnc(C)n3C)c3cnc(C)n3C)cc2c(Cl)c1CNCCOCC(C)(F)F. The van der Waals surface area contributed by atoms with E-state index in [1.807, 2.05) is 91.8 Å². The Morgan fingerprint density at radius 2 is 0.915 bits per heavy atom. The first-order valence-corrected chi connectivity index (χ1v) is 38.4. The van der Waals surface area contributed by atoms with E-state index < -0.39 is 47.1 Å². The normalized spacial score (nSPS) is 13.6. The first-order chi connectivity index (χ1) is 55.7. The van der Waals surface area contributed by atoms with Crippen LogP contribution in [0.1, 0.15) is 128 Å². The highest BCUT2D eigenvalue weighted by atomic mass is 35.5. The number of benzene rings is 3. The number of nitrogens with one attached hydrogen (secondary N) is 2. The van der Waals surface area contributed by atoms with Crippen LogP contribution in [0.5, 0.6) is 17.6 Å². The number of hydrogen-bond donors (Lipinski definition) is 5. The van der Waals surface area contributed by atoms with Gasteiger partial charge in [-0.05, 0) is 112 Å². The maximum atomic E-state index is 13.6. The molecule has 0 aliphatic carbocycles. The first kappa shape index (κ1) is 87.1. The van der Waals surface area contributed by atoms with Gasteiger partial charge in [-0.2, -0.15) is 18.3 Å². The zero-order valence-electron chi connectivity index (χ0n) is 67.5.